The van der Waals surface area contributed by atoms with Crippen LogP contribution in [0.3, 0.4) is 0 Å². The molecule has 1 aliphatic heterocycles. The zero-order valence-electron chi connectivity index (χ0n) is 7.22. The molecule has 1 aromatic carbocycles. The molecule has 0 amide bonds. The van der Waals surface area contributed by atoms with Crippen LogP contribution >= 0.6 is 0 Å². The van der Waals surface area contributed by atoms with Crippen LogP contribution in [-0.4, -0.2) is 8.07 Å². The summed E-state index contributed by atoms with van der Waals surface area (Å²) in [5.41, 5.74) is 1.51. The molecule has 0 spiro atoms. The molecule has 0 atom stereocenters. The van der Waals surface area contributed by atoms with E-state index in [2.05, 4.69) is 37.7 Å². The molecule has 1 aromatic rings. The summed E-state index contributed by atoms with van der Waals surface area (Å²) in [5, 5.41) is 1.69. The second-order valence-corrected chi connectivity index (χ2v) is 8.54. The number of rotatable bonds is 1. The van der Waals surface area contributed by atoms with Gasteiger partial charge in [-0.1, -0.05) is 53.7 Å². The van der Waals surface area contributed by atoms with E-state index in [0.717, 1.165) is 0 Å². The van der Waals surface area contributed by atoms with Gasteiger partial charge in [-0.2, -0.15) is 0 Å². The van der Waals surface area contributed by atoms with Crippen molar-refractivity contribution >= 4 is 13.3 Å². The molecule has 1 heteroatoms. The normalized spacial score (nSPS) is 19.8. The number of benzene rings is 1. The number of aryl methyl sites for hydroxylation is 1. The molecule has 58 valence electrons. The standard InChI is InChI=1S/C10H14Si/c1-9-5-3-4-6-10(9)11(2)7-8-11/h3-6H,7-8H2,1-2H3. The molecule has 1 fully saturated rings. The van der Waals surface area contributed by atoms with Crippen molar-refractivity contribution in [3.8, 4) is 0 Å². The van der Waals surface area contributed by atoms with Gasteiger partial charge < -0.3 is 0 Å². The van der Waals surface area contributed by atoms with E-state index in [1.54, 1.807) is 5.19 Å². The summed E-state index contributed by atoms with van der Waals surface area (Å²) in [7, 11) is -0.828. The van der Waals surface area contributed by atoms with Gasteiger partial charge in [0, 0.05) is 0 Å². The predicted octanol–water partition coefficient (Wildman–Crippen LogP) is 2.29. The first kappa shape index (κ1) is 7.11. The van der Waals surface area contributed by atoms with Gasteiger partial charge in [-0.15, -0.1) is 0 Å². The van der Waals surface area contributed by atoms with Crippen molar-refractivity contribution in [1.82, 2.24) is 0 Å². The first-order valence-corrected chi connectivity index (χ1v) is 7.20. The summed E-state index contributed by atoms with van der Waals surface area (Å²) < 4.78 is 0. The van der Waals surface area contributed by atoms with E-state index in [1.807, 2.05) is 0 Å². The van der Waals surface area contributed by atoms with E-state index in [0.29, 0.717) is 0 Å². The highest BCUT2D eigenvalue weighted by atomic mass is 28.3. The zero-order chi connectivity index (χ0) is 7.90. The fourth-order valence-electron chi connectivity index (χ4n) is 1.71. The fourth-order valence-corrected chi connectivity index (χ4v) is 5.28. The minimum absolute atomic E-state index is 0.828. The minimum Gasteiger partial charge on any atom is -0.0652 e. The largest absolute Gasteiger partial charge is 0.0834 e. The maximum absolute atomic E-state index is 2.50. The molecule has 1 heterocycles. The lowest BCUT2D eigenvalue weighted by molar-refractivity contribution is 1.51. The molecule has 0 bridgehead atoms. The van der Waals surface area contributed by atoms with Gasteiger partial charge in [0.05, 0.1) is 8.07 Å². The van der Waals surface area contributed by atoms with E-state index in [4.69, 9.17) is 0 Å². The topological polar surface area (TPSA) is 0 Å². The average molecular weight is 162 g/mol. The molecule has 0 N–H and O–H groups in total. The van der Waals surface area contributed by atoms with Crippen LogP contribution in [0.15, 0.2) is 24.3 Å². The summed E-state index contributed by atoms with van der Waals surface area (Å²) in [6, 6.07) is 11.9. The molecular weight excluding hydrogens is 148 g/mol. The van der Waals surface area contributed by atoms with Gasteiger partial charge in [0.2, 0.25) is 0 Å². The Bertz CT molecular complexity index is 274. The van der Waals surface area contributed by atoms with Gasteiger partial charge in [0.25, 0.3) is 0 Å². The minimum atomic E-state index is -0.828. The molecule has 0 saturated carbocycles. The Morgan fingerprint density at radius 1 is 1.18 bits per heavy atom. The summed E-state index contributed by atoms with van der Waals surface area (Å²) in [4.78, 5) is 0. The van der Waals surface area contributed by atoms with Gasteiger partial charge in [0.1, 0.15) is 0 Å². The molecule has 1 aliphatic rings. The van der Waals surface area contributed by atoms with Crippen LogP contribution in [0.1, 0.15) is 5.56 Å². The highest BCUT2D eigenvalue weighted by molar-refractivity contribution is 6.99. The molecule has 0 aliphatic carbocycles. The van der Waals surface area contributed by atoms with Gasteiger partial charge in [-0.05, 0) is 6.92 Å². The van der Waals surface area contributed by atoms with E-state index in [-0.39, 0.29) is 0 Å². The van der Waals surface area contributed by atoms with Crippen molar-refractivity contribution in [3.05, 3.63) is 29.8 Å². The van der Waals surface area contributed by atoms with E-state index in [9.17, 15) is 0 Å². The Morgan fingerprint density at radius 3 is 2.36 bits per heavy atom. The third kappa shape index (κ3) is 1.14. The second-order valence-electron chi connectivity index (χ2n) is 3.88. The fraction of sp³-hybridized carbons (Fsp3) is 0.400. The number of hydrogen-bond acceptors (Lipinski definition) is 0. The van der Waals surface area contributed by atoms with E-state index < -0.39 is 8.07 Å². The lowest BCUT2D eigenvalue weighted by Gasteiger charge is -2.09. The van der Waals surface area contributed by atoms with Crippen molar-refractivity contribution in [3.63, 3.8) is 0 Å². The molecule has 0 nitrogen and oxygen atoms in total. The van der Waals surface area contributed by atoms with Gasteiger partial charge in [0.15, 0.2) is 0 Å². The maximum atomic E-state index is 2.50. The zero-order valence-corrected chi connectivity index (χ0v) is 8.22. The van der Waals surface area contributed by atoms with Crippen molar-refractivity contribution in [2.75, 3.05) is 0 Å². The molecular formula is C10H14Si. The Kier molecular flexibility index (Phi) is 1.43. The van der Waals surface area contributed by atoms with Crippen molar-refractivity contribution in [2.45, 2.75) is 25.6 Å². The smallest absolute Gasteiger partial charge is 0.0652 e. The summed E-state index contributed by atoms with van der Waals surface area (Å²) in [6.07, 6.45) is 0. The van der Waals surface area contributed by atoms with Crippen LogP contribution < -0.4 is 5.19 Å². The lowest BCUT2D eigenvalue weighted by atomic mass is 10.2. The van der Waals surface area contributed by atoms with Gasteiger partial charge in [-0.25, -0.2) is 0 Å². The highest BCUT2D eigenvalue weighted by Gasteiger charge is 2.42. The molecule has 1 saturated heterocycles. The Hall–Kier alpha value is -0.563. The Balaban J connectivity index is 2.45. The van der Waals surface area contributed by atoms with Crippen LogP contribution in [0.2, 0.25) is 18.6 Å². The summed E-state index contributed by atoms with van der Waals surface area (Å²) in [5.74, 6) is 0. The van der Waals surface area contributed by atoms with Crippen LogP contribution in [-0.2, 0) is 0 Å². The Morgan fingerprint density at radius 2 is 1.82 bits per heavy atom. The maximum Gasteiger partial charge on any atom is 0.0834 e. The predicted molar refractivity (Wildman–Crippen MR) is 52.0 cm³/mol. The van der Waals surface area contributed by atoms with Crippen LogP contribution in [0.5, 0.6) is 0 Å². The molecule has 0 unspecified atom stereocenters. The monoisotopic (exact) mass is 162 g/mol. The summed E-state index contributed by atoms with van der Waals surface area (Å²) >= 11 is 0. The average Bonchev–Trinajstić information content (AvgIpc) is 2.70. The lowest BCUT2D eigenvalue weighted by Crippen LogP contribution is -2.30. The molecule has 0 radical (unpaired) electrons. The summed E-state index contributed by atoms with van der Waals surface area (Å²) in [6.45, 7) is 4.74. The first-order chi connectivity index (χ1) is 5.22. The highest BCUT2D eigenvalue weighted by Crippen LogP contribution is 2.35. The van der Waals surface area contributed by atoms with Gasteiger partial charge >= 0.3 is 0 Å². The SMILES string of the molecule is Cc1ccccc1[Si]1(C)CC1. The van der Waals surface area contributed by atoms with E-state index >= 15 is 0 Å². The molecule has 0 aromatic heterocycles. The molecule has 11 heavy (non-hydrogen) atoms. The molecule has 2 rings (SSSR count). The second kappa shape index (κ2) is 2.21. The van der Waals surface area contributed by atoms with Crippen molar-refractivity contribution in [2.24, 2.45) is 0 Å². The van der Waals surface area contributed by atoms with Crippen molar-refractivity contribution in [1.29, 1.82) is 0 Å². The first-order valence-electron chi connectivity index (χ1n) is 4.28. The van der Waals surface area contributed by atoms with Crippen LogP contribution in [0, 0.1) is 6.92 Å². The third-order valence-corrected chi connectivity index (χ3v) is 6.66. The third-order valence-electron chi connectivity index (χ3n) is 2.80. The Labute approximate surface area is 69.3 Å². The quantitative estimate of drug-likeness (QED) is 0.556. The number of hydrogen-bond donors (Lipinski definition) is 0. The van der Waals surface area contributed by atoms with Crippen LogP contribution in [0.25, 0.3) is 0 Å². The van der Waals surface area contributed by atoms with Crippen molar-refractivity contribution < 1.29 is 0 Å². The van der Waals surface area contributed by atoms with Crippen LogP contribution in [0.4, 0.5) is 0 Å². The van der Waals surface area contributed by atoms with Gasteiger partial charge in [-0.3, -0.25) is 0 Å². The van der Waals surface area contributed by atoms with E-state index in [1.165, 1.54) is 17.7 Å².